The smallest absolute Gasteiger partial charge is 0.141 e. The monoisotopic (exact) mass is 270 g/mol. The lowest BCUT2D eigenvalue weighted by atomic mass is 9.90. The van der Waals surface area contributed by atoms with Gasteiger partial charge >= 0.3 is 0 Å². The molecule has 1 atom stereocenters. The van der Waals surface area contributed by atoms with Crippen LogP contribution in [0.15, 0.2) is 18.2 Å². The molecule has 0 saturated carbocycles. The van der Waals surface area contributed by atoms with E-state index in [0.29, 0.717) is 12.0 Å². The number of likely N-dealkylation sites (tertiary alicyclic amines) is 1. The van der Waals surface area contributed by atoms with Gasteiger partial charge in [-0.25, -0.2) is 4.39 Å². The SMILES string of the molecule is CC(Nc1ccc(F)c(Cl)c1)C1CCN(C)CC1. The van der Waals surface area contributed by atoms with Gasteiger partial charge in [-0.05, 0) is 64.0 Å². The summed E-state index contributed by atoms with van der Waals surface area (Å²) >= 11 is 5.78. The summed E-state index contributed by atoms with van der Waals surface area (Å²) in [5.41, 5.74) is 0.896. The van der Waals surface area contributed by atoms with Crippen molar-refractivity contribution in [2.75, 3.05) is 25.5 Å². The van der Waals surface area contributed by atoms with Crippen molar-refractivity contribution in [3.05, 3.63) is 29.0 Å². The predicted octanol–water partition coefficient (Wildman–Crippen LogP) is 3.62. The predicted molar refractivity (Wildman–Crippen MR) is 74.7 cm³/mol. The highest BCUT2D eigenvalue weighted by molar-refractivity contribution is 6.31. The molecule has 1 aliphatic heterocycles. The highest BCUT2D eigenvalue weighted by atomic mass is 35.5. The molecule has 1 unspecified atom stereocenters. The van der Waals surface area contributed by atoms with E-state index < -0.39 is 0 Å². The fraction of sp³-hybridized carbons (Fsp3) is 0.571. The van der Waals surface area contributed by atoms with Crippen molar-refractivity contribution in [3.63, 3.8) is 0 Å². The topological polar surface area (TPSA) is 15.3 Å². The van der Waals surface area contributed by atoms with E-state index in [1.165, 1.54) is 18.9 Å². The Morgan fingerprint density at radius 2 is 2.06 bits per heavy atom. The maximum absolute atomic E-state index is 13.1. The Hall–Kier alpha value is -0.800. The normalized spacial score (nSPS) is 19.8. The summed E-state index contributed by atoms with van der Waals surface area (Å²) in [6.45, 7) is 4.50. The Bertz CT molecular complexity index is 403. The van der Waals surface area contributed by atoms with Gasteiger partial charge in [-0.3, -0.25) is 0 Å². The van der Waals surface area contributed by atoms with Gasteiger partial charge in [0.25, 0.3) is 0 Å². The van der Waals surface area contributed by atoms with Gasteiger partial charge in [0.05, 0.1) is 5.02 Å². The average molecular weight is 271 g/mol. The third kappa shape index (κ3) is 3.36. The van der Waals surface area contributed by atoms with Gasteiger partial charge in [0.15, 0.2) is 0 Å². The van der Waals surface area contributed by atoms with Crippen LogP contribution in [0.25, 0.3) is 0 Å². The minimum atomic E-state index is -0.367. The second-order valence-corrected chi connectivity index (χ2v) is 5.61. The Labute approximate surface area is 113 Å². The lowest BCUT2D eigenvalue weighted by Crippen LogP contribution is -2.37. The van der Waals surface area contributed by atoms with Crippen molar-refractivity contribution < 1.29 is 4.39 Å². The zero-order chi connectivity index (χ0) is 13.1. The summed E-state index contributed by atoms with van der Waals surface area (Å²) in [5.74, 6) is 0.305. The van der Waals surface area contributed by atoms with Crippen molar-refractivity contribution in [2.24, 2.45) is 5.92 Å². The molecule has 1 aromatic rings. The highest BCUT2D eigenvalue weighted by Gasteiger charge is 2.22. The Balaban J connectivity index is 1.94. The van der Waals surface area contributed by atoms with Crippen LogP contribution in [-0.2, 0) is 0 Å². The molecule has 1 saturated heterocycles. The van der Waals surface area contributed by atoms with Crippen LogP contribution in [0.4, 0.5) is 10.1 Å². The molecule has 1 N–H and O–H groups in total. The van der Waals surface area contributed by atoms with Gasteiger partial charge < -0.3 is 10.2 Å². The first-order valence-corrected chi connectivity index (χ1v) is 6.84. The van der Waals surface area contributed by atoms with Gasteiger partial charge in [0.1, 0.15) is 5.82 Å². The number of benzene rings is 1. The van der Waals surface area contributed by atoms with Crippen LogP contribution in [0.1, 0.15) is 19.8 Å². The molecule has 0 aliphatic carbocycles. The van der Waals surface area contributed by atoms with Crippen LogP contribution in [0.5, 0.6) is 0 Å². The van der Waals surface area contributed by atoms with E-state index in [1.54, 1.807) is 12.1 Å². The van der Waals surface area contributed by atoms with Crippen LogP contribution in [0, 0.1) is 11.7 Å². The quantitative estimate of drug-likeness (QED) is 0.902. The standard InChI is InChI=1S/C14H20ClFN2/c1-10(11-5-7-18(2)8-6-11)17-12-3-4-14(16)13(15)9-12/h3-4,9-11,17H,5-8H2,1-2H3. The van der Waals surface area contributed by atoms with Gasteiger partial charge in [-0.1, -0.05) is 11.6 Å². The molecule has 1 fully saturated rings. The summed E-state index contributed by atoms with van der Waals surface area (Å²) in [7, 11) is 2.16. The molecular formula is C14H20ClFN2. The lowest BCUT2D eigenvalue weighted by molar-refractivity contribution is 0.208. The van der Waals surface area contributed by atoms with Crippen molar-refractivity contribution >= 4 is 17.3 Å². The number of rotatable bonds is 3. The molecule has 0 aromatic heterocycles. The maximum Gasteiger partial charge on any atom is 0.141 e. The van der Waals surface area contributed by atoms with E-state index in [9.17, 15) is 4.39 Å². The van der Waals surface area contributed by atoms with Crippen molar-refractivity contribution in [2.45, 2.75) is 25.8 Å². The first kappa shape index (κ1) is 13.6. The van der Waals surface area contributed by atoms with Crippen LogP contribution < -0.4 is 5.32 Å². The number of halogens is 2. The molecule has 1 aromatic carbocycles. The molecule has 2 nitrogen and oxygen atoms in total. The van der Waals surface area contributed by atoms with Crippen LogP contribution >= 0.6 is 11.6 Å². The Kier molecular flexibility index (Phi) is 4.46. The zero-order valence-corrected chi connectivity index (χ0v) is 11.7. The fourth-order valence-electron chi connectivity index (χ4n) is 2.50. The number of hydrogen-bond donors (Lipinski definition) is 1. The summed E-state index contributed by atoms with van der Waals surface area (Å²) in [5, 5.41) is 3.60. The highest BCUT2D eigenvalue weighted by Crippen LogP contribution is 2.24. The van der Waals surface area contributed by atoms with Crippen molar-refractivity contribution in [1.82, 2.24) is 4.90 Å². The summed E-state index contributed by atoms with van der Waals surface area (Å²) in [6, 6.07) is 5.20. The molecule has 4 heteroatoms. The van der Waals surface area contributed by atoms with E-state index >= 15 is 0 Å². The van der Waals surface area contributed by atoms with Crippen molar-refractivity contribution in [1.29, 1.82) is 0 Å². The van der Waals surface area contributed by atoms with E-state index in [4.69, 9.17) is 11.6 Å². The molecule has 1 heterocycles. The minimum Gasteiger partial charge on any atom is -0.382 e. The van der Waals surface area contributed by atoms with Crippen LogP contribution in [0.2, 0.25) is 5.02 Å². The van der Waals surface area contributed by atoms with Crippen LogP contribution in [0.3, 0.4) is 0 Å². The molecule has 0 radical (unpaired) electrons. The van der Waals surface area contributed by atoms with Gasteiger partial charge in [0, 0.05) is 11.7 Å². The first-order valence-electron chi connectivity index (χ1n) is 6.46. The molecule has 0 amide bonds. The zero-order valence-electron chi connectivity index (χ0n) is 10.9. The molecule has 0 bridgehead atoms. The summed E-state index contributed by atoms with van der Waals surface area (Å²) < 4.78 is 13.1. The molecule has 0 spiro atoms. The summed E-state index contributed by atoms with van der Waals surface area (Å²) in [4.78, 5) is 2.36. The number of anilines is 1. The third-order valence-electron chi connectivity index (χ3n) is 3.78. The van der Waals surface area contributed by atoms with E-state index in [0.717, 1.165) is 18.8 Å². The summed E-state index contributed by atoms with van der Waals surface area (Å²) in [6.07, 6.45) is 2.42. The van der Waals surface area contributed by atoms with Crippen molar-refractivity contribution in [3.8, 4) is 0 Å². The minimum absolute atomic E-state index is 0.176. The maximum atomic E-state index is 13.1. The van der Waals surface area contributed by atoms with Gasteiger partial charge in [0.2, 0.25) is 0 Å². The second kappa shape index (κ2) is 5.89. The Morgan fingerprint density at radius 3 is 2.67 bits per heavy atom. The van der Waals surface area contributed by atoms with E-state index in [2.05, 4.69) is 24.2 Å². The lowest BCUT2D eigenvalue weighted by Gasteiger charge is -2.33. The van der Waals surface area contributed by atoms with E-state index in [-0.39, 0.29) is 10.8 Å². The van der Waals surface area contributed by atoms with Crippen LogP contribution in [-0.4, -0.2) is 31.1 Å². The number of piperidine rings is 1. The first-order chi connectivity index (χ1) is 8.56. The second-order valence-electron chi connectivity index (χ2n) is 5.20. The molecule has 18 heavy (non-hydrogen) atoms. The number of nitrogens with zero attached hydrogens (tertiary/aromatic N) is 1. The molecular weight excluding hydrogens is 251 g/mol. The van der Waals surface area contributed by atoms with E-state index in [1.807, 2.05) is 0 Å². The average Bonchev–Trinajstić information content (AvgIpc) is 2.34. The number of nitrogens with one attached hydrogen (secondary N) is 1. The third-order valence-corrected chi connectivity index (χ3v) is 4.07. The molecule has 100 valence electrons. The van der Waals surface area contributed by atoms with Gasteiger partial charge in [-0.2, -0.15) is 0 Å². The fourth-order valence-corrected chi connectivity index (χ4v) is 2.68. The largest absolute Gasteiger partial charge is 0.382 e. The molecule has 1 aliphatic rings. The van der Waals surface area contributed by atoms with Gasteiger partial charge in [-0.15, -0.1) is 0 Å². The Morgan fingerprint density at radius 1 is 1.39 bits per heavy atom. The number of hydrogen-bond acceptors (Lipinski definition) is 2. The molecule has 2 rings (SSSR count).